The summed E-state index contributed by atoms with van der Waals surface area (Å²) in [5.41, 5.74) is 7.86. The topological polar surface area (TPSA) is 95.7 Å². The minimum atomic E-state index is -0.710. The van der Waals surface area contributed by atoms with E-state index in [9.17, 15) is 14.7 Å². The number of hydrogen-bond donors (Lipinski definition) is 3. The predicted molar refractivity (Wildman–Crippen MR) is 55.7 cm³/mol. The van der Waals surface area contributed by atoms with Crippen molar-refractivity contribution in [2.75, 3.05) is 13.1 Å². The van der Waals surface area contributed by atoms with Gasteiger partial charge in [0.15, 0.2) is 0 Å². The number of amides is 2. The Morgan fingerprint density at radius 1 is 1.38 bits per heavy atom. The molecule has 16 heavy (non-hydrogen) atoms. The summed E-state index contributed by atoms with van der Waals surface area (Å²) in [4.78, 5) is 22.9. The number of nitrogens with one attached hydrogen (secondary N) is 1. The molecule has 0 bridgehead atoms. The molecule has 2 aliphatic rings. The van der Waals surface area contributed by atoms with Gasteiger partial charge in [0, 0.05) is 13.1 Å². The lowest BCUT2D eigenvalue weighted by molar-refractivity contribution is -0.137. The van der Waals surface area contributed by atoms with E-state index in [0.717, 1.165) is 12.8 Å². The maximum absolute atomic E-state index is 11.8. The van der Waals surface area contributed by atoms with Crippen molar-refractivity contribution in [2.24, 2.45) is 17.6 Å². The number of hydrazine groups is 1. The fraction of sp³-hybridized carbons (Fsp3) is 0.800. The molecule has 1 aliphatic carbocycles. The van der Waals surface area contributed by atoms with Crippen molar-refractivity contribution >= 4 is 11.8 Å². The summed E-state index contributed by atoms with van der Waals surface area (Å²) in [5, 5.41) is 10.9. The Labute approximate surface area is 93.7 Å². The van der Waals surface area contributed by atoms with Crippen LogP contribution in [0.5, 0.6) is 0 Å². The van der Waals surface area contributed by atoms with Gasteiger partial charge in [0.05, 0.1) is 6.10 Å². The molecule has 0 aromatic carbocycles. The fourth-order valence-corrected chi connectivity index (χ4v) is 2.07. The van der Waals surface area contributed by atoms with E-state index in [1.54, 1.807) is 5.01 Å². The summed E-state index contributed by atoms with van der Waals surface area (Å²) in [6.07, 6.45) is 2.03. The quantitative estimate of drug-likeness (QED) is 0.514. The van der Waals surface area contributed by atoms with Crippen molar-refractivity contribution in [2.45, 2.75) is 25.4 Å². The highest BCUT2D eigenvalue weighted by Gasteiger charge is 2.40. The molecule has 2 rings (SSSR count). The molecule has 90 valence electrons. The zero-order valence-electron chi connectivity index (χ0n) is 9.06. The third-order valence-electron chi connectivity index (χ3n) is 3.11. The average Bonchev–Trinajstić information content (AvgIpc) is 2.91. The van der Waals surface area contributed by atoms with Gasteiger partial charge in [0.25, 0.3) is 0 Å². The lowest BCUT2D eigenvalue weighted by atomic mass is 10.0. The second-order valence-corrected chi connectivity index (χ2v) is 4.58. The van der Waals surface area contributed by atoms with Crippen LogP contribution in [-0.4, -0.2) is 41.1 Å². The Balaban J connectivity index is 1.88. The molecule has 2 fully saturated rings. The van der Waals surface area contributed by atoms with E-state index in [1.165, 1.54) is 0 Å². The standard InChI is InChI=1S/C10H17N3O3/c11-9(15)8(6-1-2-6)10(16)12-13-4-3-7(14)5-13/h6-8,14H,1-5H2,(H2,11,15)(H,12,16)/t7?,8-/m0/s1. The number of carbonyl (C=O) groups is 2. The Hall–Kier alpha value is -1.14. The molecular formula is C10H17N3O3. The highest BCUT2D eigenvalue weighted by atomic mass is 16.3. The van der Waals surface area contributed by atoms with E-state index in [1.807, 2.05) is 0 Å². The average molecular weight is 227 g/mol. The van der Waals surface area contributed by atoms with Crippen LogP contribution in [-0.2, 0) is 9.59 Å². The van der Waals surface area contributed by atoms with Crippen LogP contribution >= 0.6 is 0 Å². The van der Waals surface area contributed by atoms with Gasteiger partial charge in [-0.2, -0.15) is 0 Å². The van der Waals surface area contributed by atoms with E-state index < -0.39 is 17.9 Å². The van der Waals surface area contributed by atoms with Crippen molar-refractivity contribution in [3.63, 3.8) is 0 Å². The molecule has 2 amide bonds. The minimum absolute atomic E-state index is 0.116. The van der Waals surface area contributed by atoms with Crippen LogP contribution in [0.3, 0.4) is 0 Å². The fourth-order valence-electron chi connectivity index (χ4n) is 2.07. The highest BCUT2D eigenvalue weighted by molar-refractivity contribution is 6.00. The predicted octanol–water partition coefficient (Wildman–Crippen LogP) is -1.40. The maximum Gasteiger partial charge on any atom is 0.247 e. The number of hydrogen-bond acceptors (Lipinski definition) is 4. The lowest BCUT2D eigenvalue weighted by Gasteiger charge is -2.20. The third-order valence-corrected chi connectivity index (χ3v) is 3.11. The van der Waals surface area contributed by atoms with Crippen LogP contribution < -0.4 is 11.2 Å². The molecule has 1 saturated heterocycles. The van der Waals surface area contributed by atoms with E-state index >= 15 is 0 Å². The molecule has 2 atom stereocenters. The maximum atomic E-state index is 11.8. The smallest absolute Gasteiger partial charge is 0.247 e. The second-order valence-electron chi connectivity index (χ2n) is 4.58. The van der Waals surface area contributed by atoms with Gasteiger partial charge in [-0.25, -0.2) is 5.01 Å². The van der Waals surface area contributed by atoms with Gasteiger partial charge in [-0.1, -0.05) is 0 Å². The largest absolute Gasteiger partial charge is 0.392 e. The summed E-state index contributed by atoms with van der Waals surface area (Å²) < 4.78 is 0. The summed E-state index contributed by atoms with van der Waals surface area (Å²) in [6, 6.07) is 0. The summed E-state index contributed by atoms with van der Waals surface area (Å²) >= 11 is 0. The first-order valence-corrected chi connectivity index (χ1v) is 5.60. The summed E-state index contributed by atoms with van der Waals surface area (Å²) in [7, 11) is 0. The van der Waals surface area contributed by atoms with Crippen molar-refractivity contribution in [1.82, 2.24) is 10.4 Å². The van der Waals surface area contributed by atoms with Crippen molar-refractivity contribution in [1.29, 1.82) is 0 Å². The molecule has 6 heteroatoms. The number of rotatable bonds is 4. The van der Waals surface area contributed by atoms with E-state index in [2.05, 4.69) is 5.43 Å². The summed E-state index contributed by atoms with van der Waals surface area (Å²) in [5.74, 6) is -1.48. The Morgan fingerprint density at radius 3 is 2.50 bits per heavy atom. The molecule has 0 spiro atoms. The molecule has 6 nitrogen and oxygen atoms in total. The van der Waals surface area contributed by atoms with Crippen LogP contribution in [0.15, 0.2) is 0 Å². The van der Waals surface area contributed by atoms with Gasteiger partial charge in [-0.3, -0.25) is 15.0 Å². The number of nitrogens with zero attached hydrogens (tertiary/aromatic N) is 1. The number of aliphatic hydroxyl groups excluding tert-OH is 1. The zero-order valence-corrected chi connectivity index (χ0v) is 9.06. The monoisotopic (exact) mass is 227 g/mol. The van der Waals surface area contributed by atoms with E-state index in [0.29, 0.717) is 19.5 Å². The molecule has 1 unspecified atom stereocenters. The van der Waals surface area contributed by atoms with Gasteiger partial charge in [0.2, 0.25) is 11.8 Å². The van der Waals surface area contributed by atoms with Gasteiger partial charge in [-0.15, -0.1) is 0 Å². The molecule has 4 N–H and O–H groups in total. The third kappa shape index (κ3) is 2.51. The molecule has 1 saturated carbocycles. The molecule has 0 radical (unpaired) electrons. The van der Waals surface area contributed by atoms with Crippen LogP contribution in [0.2, 0.25) is 0 Å². The van der Waals surface area contributed by atoms with Crippen LogP contribution in [0, 0.1) is 11.8 Å². The van der Waals surface area contributed by atoms with Crippen LogP contribution in [0.4, 0.5) is 0 Å². The second kappa shape index (κ2) is 4.39. The number of carbonyl (C=O) groups excluding carboxylic acids is 2. The van der Waals surface area contributed by atoms with Crippen LogP contribution in [0.25, 0.3) is 0 Å². The van der Waals surface area contributed by atoms with Crippen molar-refractivity contribution in [3.8, 4) is 0 Å². The molecular weight excluding hydrogens is 210 g/mol. The molecule has 0 aromatic rings. The first-order valence-electron chi connectivity index (χ1n) is 5.60. The van der Waals surface area contributed by atoms with Crippen molar-refractivity contribution in [3.05, 3.63) is 0 Å². The number of nitrogens with two attached hydrogens (primary N) is 1. The van der Waals surface area contributed by atoms with Gasteiger partial charge < -0.3 is 10.8 Å². The minimum Gasteiger partial charge on any atom is -0.392 e. The van der Waals surface area contributed by atoms with E-state index in [4.69, 9.17) is 5.73 Å². The first-order chi connectivity index (χ1) is 7.58. The highest BCUT2D eigenvalue weighted by Crippen LogP contribution is 2.36. The molecule has 0 aromatic heterocycles. The number of β-amino-alcohol motifs (C(OH)–C–C–N with tert-alkyl or cyclic N) is 1. The zero-order chi connectivity index (χ0) is 11.7. The van der Waals surface area contributed by atoms with Gasteiger partial charge in [0.1, 0.15) is 5.92 Å². The van der Waals surface area contributed by atoms with E-state index in [-0.39, 0.29) is 11.8 Å². The summed E-state index contributed by atoms with van der Waals surface area (Å²) in [6.45, 7) is 1.03. The molecule has 1 heterocycles. The Morgan fingerprint density at radius 2 is 2.06 bits per heavy atom. The van der Waals surface area contributed by atoms with Crippen LogP contribution in [0.1, 0.15) is 19.3 Å². The lowest BCUT2D eigenvalue weighted by Crippen LogP contribution is -2.47. The number of aliphatic hydroxyl groups is 1. The number of primary amides is 1. The normalized spacial score (nSPS) is 27.7. The molecule has 1 aliphatic heterocycles. The SMILES string of the molecule is NC(=O)[C@@H](C(=O)NN1CCC(O)C1)C1CC1. The van der Waals surface area contributed by atoms with Gasteiger partial charge in [-0.05, 0) is 25.2 Å². The Kier molecular flexibility index (Phi) is 3.11. The van der Waals surface area contributed by atoms with Crippen molar-refractivity contribution < 1.29 is 14.7 Å². The van der Waals surface area contributed by atoms with Gasteiger partial charge >= 0.3 is 0 Å². The Bertz CT molecular complexity index is 304. The first kappa shape index (κ1) is 11.3.